The van der Waals surface area contributed by atoms with Gasteiger partial charge in [-0.3, -0.25) is 14.6 Å². The number of hydrogen-bond acceptors (Lipinski definition) is 4. The number of aryl methyl sites for hydroxylation is 1. The molecule has 0 aliphatic heterocycles. The topological polar surface area (TPSA) is 87.7 Å². The largest absolute Gasteiger partial charge is 0.352 e. The molecule has 2 heterocycles. The molecule has 0 saturated carbocycles. The molecule has 6 nitrogen and oxygen atoms in total. The molecule has 1 amide bonds. The summed E-state index contributed by atoms with van der Waals surface area (Å²) in [4.78, 5) is 26.9. The van der Waals surface area contributed by atoms with Crippen molar-refractivity contribution in [2.75, 3.05) is 6.54 Å². The summed E-state index contributed by atoms with van der Waals surface area (Å²) in [6.45, 7) is 0.671. The van der Waals surface area contributed by atoms with Gasteiger partial charge >= 0.3 is 0 Å². The highest BCUT2D eigenvalue weighted by Gasteiger charge is 2.04. The van der Waals surface area contributed by atoms with Crippen LogP contribution in [-0.2, 0) is 6.42 Å². The van der Waals surface area contributed by atoms with E-state index in [1.165, 1.54) is 11.6 Å². The third-order valence-electron chi connectivity index (χ3n) is 4.28. The Kier molecular flexibility index (Phi) is 6.46. The maximum Gasteiger partial charge on any atom is 0.264 e. The summed E-state index contributed by atoms with van der Waals surface area (Å²) in [5.41, 5.74) is 3.39. The van der Waals surface area contributed by atoms with E-state index in [1.54, 1.807) is 30.6 Å². The first-order chi connectivity index (χ1) is 13.2. The van der Waals surface area contributed by atoms with Crippen molar-refractivity contribution in [3.63, 3.8) is 0 Å². The number of carbonyl (C=O) groups excluding carboxylic acids is 1. The molecule has 6 heteroatoms. The molecule has 2 N–H and O–H groups in total. The second-order valence-corrected chi connectivity index (χ2v) is 6.31. The second kappa shape index (κ2) is 9.43. The summed E-state index contributed by atoms with van der Waals surface area (Å²) < 4.78 is 0. The Hall–Kier alpha value is -3.28. The van der Waals surface area contributed by atoms with E-state index in [2.05, 4.69) is 32.6 Å². The molecule has 3 aromatic rings. The van der Waals surface area contributed by atoms with Crippen LogP contribution in [0.1, 0.15) is 35.2 Å². The lowest BCUT2D eigenvalue weighted by Crippen LogP contribution is -2.24. The van der Waals surface area contributed by atoms with Gasteiger partial charge in [0, 0.05) is 30.6 Å². The highest BCUT2D eigenvalue weighted by atomic mass is 16.1. The van der Waals surface area contributed by atoms with Gasteiger partial charge in [0.1, 0.15) is 0 Å². The molecule has 3 rings (SSSR count). The highest BCUT2D eigenvalue weighted by Crippen LogP contribution is 2.17. The summed E-state index contributed by atoms with van der Waals surface area (Å²) >= 11 is 0. The molecule has 0 radical (unpaired) electrons. The lowest BCUT2D eigenvalue weighted by atomic mass is 10.0. The molecule has 1 aromatic carbocycles. The molecule has 138 valence electrons. The van der Waals surface area contributed by atoms with Crippen LogP contribution in [0.25, 0.3) is 11.3 Å². The van der Waals surface area contributed by atoms with Gasteiger partial charge in [-0.2, -0.15) is 5.10 Å². The SMILES string of the molecule is O=C(NCCCCCc1ccc(-c2ccc(=O)[nH]n2)cc1)c1cccnc1. The minimum Gasteiger partial charge on any atom is -0.352 e. The van der Waals surface area contributed by atoms with Crippen molar-refractivity contribution in [1.82, 2.24) is 20.5 Å². The van der Waals surface area contributed by atoms with Crippen molar-refractivity contribution >= 4 is 5.91 Å². The summed E-state index contributed by atoms with van der Waals surface area (Å²) in [7, 11) is 0. The zero-order valence-electron chi connectivity index (χ0n) is 15.0. The summed E-state index contributed by atoms with van der Waals surface area (Å²) in [5, 5.41) is 9.40. The van der Waals surface area contributed by atoms with Gasteiger partial charge in [0.15, 0.2) is 0 Å². The van der Waals surface area contributed by atoms with Gasteiger partial charge in [0.2, 0.25) is 0 Å². The second-order valence-electron chi connectivity index (χ2n) is 6.31. The van der Waals surface area contributed by atoms with Crippen LogP contribution in [0, 0.1) is 0 Å². The molecule has 27 heavy (non-hydrogen) atoms. The molecule has 0 atom stereocenters. The van der Waals surface area contributed by atoms with Crippen molar-refractivity contribution in [3.8, 4) is 11.3 Å². The van der Waals surface area contributed by atoms with Crippen molar-refractivity contribution in [2.45, 2.75) is 25.7 Å². The standard InChI is InChI=1S/C21H22N4O2/c26-20-12-11-19(24-25-20)17-9-7-16(8-10-17)5-2-1-3-14-23-21(27)18-6-4-13-22-15-18/h4,6-13,15H,1-3,5,14H2,(H,23,27)(H,25,26). The summed E-state index contributed by atoms with van der Waals surface area (Å²) in [6.07, 6.45) is 7.29. The zero-order chi connectivity index (χ0) is 18.9. The van der Waals surface area contributed by atoms with Crippen LogP contribution in [0.5, 0.6) is 0 Å². The maximum atomic E-state index is 11.9. The third kappa shape index (κ3) is 5.60. The quantitative estimate of drug-likeness (QED) is 0.603. The van der Waals surface area contributed by atoms with Crippen molar-refractivity contribution < 1.29 is 4.79 Å². The first-order valence-corrected chi connectivity index (χ1v) is 9.06. The van der Waals surface area contributed by atoms with Crippen LogP contribution in [0.4, 0.5) is 0 Å². The number of aromatic amines is 1. The van der Waals surface area contributed by atoms with Crippen molar-refractivity contribution in [3.05, 3.63) is 82.4 Å². The van der Waals surface area contributed by atoms with E-state index in [9.17, 15) is 9.59 Å². The predicted molar refractivity (Wildman–Crippen MR) is 104 cm³/mol. The number of aromatic nitrogens is 3. The molecule has 0 fully saturated rings. The van der Waals surface area contributed by atoms with E-state index >= 15 is 0 Å². The summed E-state index contributed by atoms with van der Waals surface area (Å²) in [5.74, 6) is -0.0745. The van der Waals surface area contributed by atoms with Gasteiger partial charge in [-0.25, -0.2) is 5.10 Å². The minimum atomic E-state index is -0.202. The number of carbonyl (C=O) groups is 1. The van der Waals surface area contributed by atoms with E-state index in [0.717, 1.165) is 36.9 Å². The first-order valence-electron chi connectivity index (χ1n) is 9.06. The monoisotopic (exact) mass is 362 g/mol. The lowest BCUT2D eigenvalue weighted by Gasteiger charge is -2.06. The fourth-order valence-corrected chi connectivity index (χ4v) is 2.78. The van der Waals surface area contributed by atoms with Crippen LogP contribution in [0.15, 0.2) is 65.7 Å². The van der Waals surface area contributed by atoms with Gasteiger partial charge in [-0.05, 0) is 43.0 Å². The smallest absolute Gasteiger partial charge is 0.264 e. The van der Waals surface area contributed by atoms with Gasteiger partial charge < -0.3 is 5.32 Å². The molecule has 0 aliphatic carbocycles. The molecule has 2 aromatic heterocycles. The van der Waals surface area contributed by atoms with E-state index in [-0.39, 0.29) is 11.5 Å². The van der Waals surface area contributed by atoms with Gasteiger partial charge in [0.25, 0.3) is 11.5 Å². The molecule has 0 unspecified atom stereocenters. The van der Waals surface area contributed by atoms with Crippen LogP contribution >= 0.6 is 0 Å². The third-order valence-corrected chi connectivity index (χ3v) is 4.28. The Bertz CT molecular complexity index is 900. The Morgan fingerprint density at radius 2 is 1.85 bits per heavy atom. The average Bonchev–Trinajstić information content (AvgIpc) is 2.72. The van der Waals surface area contributed by atoms with E-state index in [4.69, 9.17) is 0 Å². The van der Waals surface area contributed by atoms with E-state index < -0.39 is 0 Å². The van der Waals surface area contributed by atoms with E-state index in [0.29, 0.717) is 12.1 Å². The number of nitrogens with zero attached hydrogens (tertiary/aromatic N) is 2. The molecular weight excluding hydrogens is 340 g/mol. The number of rotatable bonds is 8. The highest BCUT2D eigenvalue weighted by molar-refractivity contribution is 5.93. The Balaban J connectivity index is 1.36. The predicted octanol–water partition coefficient (Wildman–Crippen LogP) is 2.97. The number of H-pyrrole nitrogens is 1. The number of nitrogens with one attached hydrogen (secondary N) is 2. The fraction of sp³-hybridized carbons (Fsp3) is 0.238. The number of unbranched alkanes of at least 4 members (excludes halogenated alkanes) is 2. The molecular formula is C21H22N4O2. The Labute approximate surface area is 157 Å². The van der Waals surface area contributed by atoms with E-state index in [1.807, 2.05) is 12.1 Å². The van der Waals surface area contributed by atoms with Gasteiger partial charge in [-0.15, -0.1) is 0 Å². The first kappa shape index (κ1) is 18.5. The van der Waals surface area contributed by atoms with Gasteiger partial charge in [-0.1, -0.05) is 30.7 Å². The zero-order valence-corrected chi connectivity index (χ0v) is 15.0. The fourth-order valence-electron chi connectivity index (χ4n) is 2.78. The van der Waals surface area contributed by atoms with Crippen molar-refractivity contribution in [1.29, 1.82) is 0 Å². The number of pyridine rings is 1. The normalized spacial score (nSPS) is 10.5. The lowest BCUT2D eigenvalue weighted by molar-refractivity contribution is 0.0952. The Morgan fingerprint density at radius 3 is 2.56 bits per heavy atom. The van der Waals surface area contributed by atoms with Crippen LogP contribution in [0.2, 0.25) is 0 Å². The van der Waals surface area contributed by atoms with Gasteiger partial charge in [0.05, 0.1) is 11.3 Å². The minimum absolute atomic E-state index is 0.0745. The molecule has 0 spiro atoms. The number of amides is 1. The Morgan fingerprint density at radius 1 is 1.00 bits per heavy atom. The molecule has 0 aliphatic rings. The average molecular weight is 362 g/mol. The van der Waals surface area contributed by atoms with Crippen LogP contribution in [-0.4, -0.2) is 27.6 Å². The summed E-state index contributed by atoms with van der Waals surface area (Å²) in [6, 6.07) is 14.9. The van der Waals surface area contributed by atoms with Crippen molar-refractivity contribution in [2.24, 2.45) is 0 Å². The van der Waals surface area contributed by atoms with Crippen LogP contribution in [0.3, 0.4) is 0 Å². The number of hydrogen-bond donors (Lipinski definition) is 2. The number of benzene rings is 1. The maximum absolute atomic E-state index is 11.9. The molecule has 0 saturated heterocycles. The van der Waals surface area contributed by atoms with Crippen LogP contribution < -0.4 is 10.9 Å². The molecule has 0 bridgehead atoms.